The maximum Gasteiger partial charge on any atom is 0.495 e. The van der Waals surface area contributed by atoms with Gasteiger partial charge in [-0.3, -0.25) is 0 Å². The van der Waals surface area contributed by atoms with E-state index < -0.39 is 0 Å². The third-order valence-electron chi connectivity index (χ3n) is 0.933. The van der Waals surface area contributed by atoms with Crippen molar-refractivity contribution in [3.8, 4) is 0 Å². The summed E-state index contributed by atoms with van der Waals surface area (Å²) in [7, 11) is 1.69. The Morgan fingerprint density at radius 3 is 2.67 bits per heavy atom. The Bertz CT molecular complexity index is 232. The highest BCUT2D eigenvalue weighted by Crippen LogP contribution is 1.59. The average Bonchev–Trinajstić information content (AvgIpc) is 1.77. The lowest BCUT2D eigenvalue weighted by molar-refractivity contribution is -0.689. The van der Waals surface area contributed by atoms with E-state index in [1.54, 1.807) is 25.5 Å². The highest BCUT2D eigenvalue weighted by atomic mass is 127. The lowest BCUT2D eigenvalue weighted by Crippen LogP contribution is -3.00. The van der Waals surface area contributed by atoms with Gasteiger partial charge in [-0.15, -0.1) is 0 Å². The van der Waals surface area contributed by atoms with Crippen molar-refractivity contribution in [1.82, 2.24) is 4.98 Å². The summed E-state index contributed by atoms with van der Waals surface area (Å²) in [4.78, 5) is 13.0. The quantitative estimate of drug-likeness (QED) is 0.365. The first-order valence-corrected chi connectivity index (χ1v) is 2.34. The van der Waals surface area contributed by atoms with Crippen LogP contribution < -0.4 is 34.2 Å². The predicted molar refractivity (Wildman–Crippen MR) is 28.2 cm³/mol. The van der Waals surface area contributed by atoms with E-state index >= 15 is 0 Å². The molecule has 1 heterocycles. The minimum Gasteiger partial charge on any atom is -1.00 e. The van der Waals surface area contributed by atoms with Crippen LogP contribution in [-0.2, 0) is 7.05 Å². The first-order valence-electron chi connectivity index (χ1n) is 2.34. The summed E-state index contributed by atoms with van der Waals surface area (Å²) in [5, 5.41) is 0. The summed E-state index contributed by atoms with van der Waals surface area (Å²) < 4.78 is 1.47. The Balaban J connectivity index is 0.000000640. The number of nitrogens with one attached hydrogen (secondary N) is 1. The molecule has 0 aliphatic rings. The first kappa shape index (κ1) is 8.61. The van der Waals surface area contributed by atoms with Gasteiger partial charge in [0, 0.05) is 6.07 Å². The van der Waals surface area contributed by atoms with Crippen molar-refractivity contribution in [2.45, 2.75) is 0 Å². The van der Waals surface area contributed by atoms with Gasteiger partial charge < -0.3 is 24.0 Å². The van der Waals surface area contributed by atoms with E-state index in [-0.39, 0.29) is 29.7 Å². The Labute approximate surface area is 69.8 Å². The van der Waals surface area contributed by atoms with Gasteiger partial charge in [0.1, 0.15) is 0 Å². The maximum atomic E-state index is 10.5. The predicted octanol–water partition coefficient (Wildman–Crippen LogP) is -3.80. The summed E-state index contributed by atoms with van der Waals surface area (Å²) in [5.74, 6) is 0. The van der Waals surface area contributed by atoms with E-state index in [0.717, 1.165) is 0 Å². The lowest BCUT2D eigenvalue weighted by Gasteiger charge is -1.79. The minimum absolute atomic E-state index is 0. The fourth-order valence-electron chi connectivity index (χ4n) is 0.461. The SMILES string of the molecule is C[n+]1ccc[nH]c1=O.[I-]. The number of H-pyrrole nitrogens is 1. The van der Waals surface area contributed by atoms with Crippen LogP contribution in [0.5, 0.6) is 0 Å². The smallest absolute Gasteiger partial charge is 0.495 e. The fourth-order valence-corrected chi connectivity index (χ4v) is 0.461. The van der Waals surface area contributed by atoms with Gasteiger partial charge in [0.2, 0.25) is 0 Å². The third kappa shape index (κ3) is 2.13. The second-order valence-electron chi connectivity index (χ2n) is 1.57. The summed E-state index contributed by atoms with van der Waals surface area (Å²) in [6, 6.07) is 1.77. The van der Waals surface area contributed by atoms with Gasteiger partial charge in [0.15, 0.2) is 0 Å². The molecule has 0 bridgehead atoms. The number of rotatable bonds is 0. The molecule has 0 amide bonds. The summed E-state index contributed by atoms with van der Waals surface area (Å²) in [6.07, 6.45) is 3.29. The topological polar surface area (TPSA) is 36.7 Å². The molecule has 3 nitrogen and oxygen atoms in total. The molecule has 50 valence electrons. The molecule has 0 atom stereocenters. The highest BCUT2D eigenvalue weighted by molar-refractivity contribution is 4.69. The largest absolute Gasteiger partial charge is 1.00 e. The van der Waals surface area contributed by atoms with Gasteiger partial charge in [-0.05, 0) is 0 Å². The van der Waals surface area contributed by atoms with Crippen molar-refractivity contribution in [3.63, 3.8) is 0 Å². The molecule has 0 radical (unpaired) electrons. The second kappa shape index (κ2) is 3.60. The monoisotopic (exact) mass is 238 g/mol. The zero-order valence-corrected chi connectivity index (χ0v) is 7.12. The molecule has 0 saturated carbocycles. The van der Waals surface area contributed by atoms with E-state index in [1.807, 2.05) is 0 Å². The van der Waals surface area contributed by atoms with Crippen molar-refractivity contribution in [2.75, 3.05) is 0 Å². The van der Waals surface area contributed by atoms with Gasteiger partial charge in [-0.25, -0.2) is 9.55 Å². The average molecular weight is 238 g/mol. The van der Waals surface area contributed by atoms with Crippen molar-refractivity contribution in [1.29, 1.82) is 0 Å². The van der Waals surface area contributed by atoms with Crippen LogP contribution in [0.3, 0.4) is 0 Å². The molecule has 0 spiro atoms. The molecule has 1 aromatic heterocycles. The molecule has 9 heavy (non-hydrogen) atoms. The molecular weight excluding hydrogens is 231 g/mol. The maximum absolute atomic E-state index is 10.5. The number of aromatic amines is 1. The van der Waals surface area contributed by atoms with Crippen LogP contribution >= 0.6 is 0 Å². The standard InChI is InChI=1S/C5H6N2O.HI/c1-7-4-2-3-6-5(7)8;/h2-4H,1H3;1H. The molecule has 0 fully saturated rings. The van der Waals surface area contributed by atoms with Gasteiger partial charge in [-0.2, -0.15) is 4.79 Å². The van der Waals surface area contributed by atoms with Crippen LogP contribution in [0.4, 0.5) is 0 Å². The van der Waals surface area contributed by atoms with Crippen molar-refractivity contribution >= 4 is 0 Å². The van der Waals surface area contributed by atoms with Gasteiger partial charge in [-0.1, -0.05) is 0 Å². The van der Waals surface area contributed by atoms with E-state index in [0.29, 0.717) is 0 Å². The number of aryl methyl sites for hydroxylation is 1. The highest BCUT2D eigenvalue weighted by Gasteiger charge is 1.90. The van der Waals surface area contributed by atoms with Crippen LogP contribution in [0.1, 0.15) is 0 Å². The summed E-state index contributed by atoms with van der Waals surface area (Å²) in [5.41, 5.74) is -0.0903. The van der Waals surface area contributed by atoms with Gasteiger partial charge in [0.05, 0.1) is 19.4 Å². The molecule has 1 aromatic rings. The molecule has 0 aliphatic carbocycles. The van der Waals surface area contributed by atoms with Crippen LogP contribution in [0.25, 0.3) is 0 Å². The second-order valence-corrected chi connectivity index (χ2v) is 1.57. The third-order valence-corrected chi connectivity index (χ3v) is 0.933. The van der Waals surface area contributed by atoms with Gasteiger partial charge >= 0.3 is 5.69 Å². The van der Waals surface area contributed by atoms with Crippen LogP contribution in [0.15, 0.2) is 23.3 Å². The zero-order valence-electron chi connectivity index (χ0n) is 4.97. The molecule has 4 heteroatoms. The van der Waals surface area contributed by atoms with E-state index in [2.05, 4.69) is 4.98 Å². The Kier molecular flexibility index (Phi) is 3.44. The fraction of sp³-hybridized carbons (Fsp3) is 0.200. The number of nitrogens with zero attached hydrogens (tertiary/aromatic N) is 1. The zero-order chi connectivity index (χ0) is 5.98. The van der Waals surface area contributed by atoms with Crippen LogP contribution in [0.2, 0.25) is 0 Å². The lowest BCUT2D eigenvalue weighted by atomic mass is 10.7. The molecule has 0 aliphatic heterocycles. The van der Waals surface area contributed by atoms with E-state index in [4.69, 9.17) is 0 Å². The number of hydrogen-bond acceptors (Lipinski definition) is 1. The number of hydrogen-bond donors (Lipinski definition) is 1. The Hall–Kier alpha value is -0.390. The van der Waals surface area contributed by atoms with Crippen molar-refractivity contribution in [2.24, 2.45) is 7.05 Å². The summed E-state index contributed by atoms with van der Waals surface area (Å²) >= 11 is 0. The van der Waals surface area contributed by atoms with E-state index in [9.17, 15) is 4.79 Å². The molecule has 0 aromatic carbocycles. The van der Waals surface area contributed by atoms with Crippen molar-refractivity contribution in [3.05, 3.63) is 28.9 Å². The van der Waals surface area contributed by atoms with E-state index in [1.165, 1.54) is 4.57 Å². The van der Waals surface area contributed by atoms with Crippen molar-refractivity contribution < 1.29 is 28.5 Å². The molecule has 0 unspecified atom stereocenters. The number of aromatic nitrogens is 2. The minimum atomic E-state index is -0.0903. The molecule has 1 N–H and O–H groups in total. The van der Waals surface area contributed by atoms with Gasteiger partial charge in [0.25, 0.3) is 0 Å². The first-order chi connectivity index (χ1) is 3.80. The Morgan fingerprint density at radius 1 is 1.67 bits per heavy atom. The molecular formula is C5H7IN2O. The Morgan fingerprint density at radius 2 is 2.33 bits per heavy atom. The van der Waals surface area contributed by atoms with Crippen LogP contribution in [-0.4, -0.2) is 4.98 Å². The molecule has 1 rings (SSSR count). The van der Waals surface area contributed by atoms with Crippen LogP contribution in [0, 0.1) is 0 Å². The summed E-state index contributed by atoms with van der Waals surface area (Å²) in [6.45, 7) is 0. The number of halogens is 1. The molecule has 0 saturated heterocycles. The normalized spacial score (nSPS) is 8.11.